The molecule has 3 atom stereocenters. The lowest BCUT2D eigenvalue weighted by atomic mass is 9.87. The second-order valence-electron chi connectivity index (χ2n) is 8.35. The zero-order chi connectivity index (χ0) is 19.3. The molecule has 3 aliphatic heterocycles. The second kappa shape index (κ2) is 6.88. The van der Waals surface area contributed by atoms with Gasteiger partial charge >= 0.3 is 0 Å². The minimum absolute atomic E-state index is 0.105. The maximum Gasteiger partial charge on any atom is 0.255 e. The van der Waals surface area contributed by atoms with E-state index in [1.165, 1.54) is 31.4 Å². The summed E-state index contributed by atoms with van der Waals surface area (Å²) in [6.07, 6.45) is 5.68. The van der Waals surface area contributed by atoms with E-state index in [0.29, 0.717) is 30.6 Å². The predicted octanol–water partition coefficient (Wildman–Crippen LogP) is 1.17. The minimum atomic E-state index is -0.553. The molecule has 0 spiro atoms. The maximum absolute atomic E-state index is 12.9. The zero-order valence-electron chi connectivity index (χ0n) is 15.9. The van der Waals surface area contributed by atoms with Gasteiger partial charge in [0.25, 0.3) is 5.91 Å². The van der Waals surface area contributed by atoms with Crippen molar-refractivity contribution in [1.82, 2.24) is 15.5 Å². The molecule has 28 heavy (non-hydrogen) atoms. The van der Waals surface area contributed by atoms with Crippen LogP contribution >= 0.6 is 0 Å². The van der Waals surface area contributed by atoms with Crippen LogP contribution < -0.4 is 15.5 Å². The van der Waals surface area contributed by atoms with Gasteiger partial charge in [-0.05, 0) is 43.0 Å². The Kier molecular flexibility index (Phi) is 4.34. The summed E-state index contributed by atoms with van der Waals surface area (Å²) in [6.45, 7) is 2.40. The fourth-order valence-electron chi connectivity index (χ4n) is 5.32. The largest absolute Gasteiger partial charge is 0.366 e. The van der Waals surface area contributed by atoms with Crippen molar-refractivity contribution >= 4 is 23.4 Å². The molecule has 7 nitrogen and oxygen atoms in total. The molecule has 1 aliphatic carbocycles. The molecule has 1 unspecified atom stereocenters. The van der Waals surface area contributed by atoms with Crippen molar-refractivity contribution < 1.29 is 14.4 Å². The number of fused-ring (bicyclic) bond motifs is 2. The van der Waals surface area contributed by atoms with Crippen LogP contribution in [0, 0.1) is 0 Å². The maximum atomic E-state index is 12.9. The summed E-state index contributed by atoms with van der Waals surface area (Å²) in [7, 11) is 0. The highest BCUT2D eigenvalue weighted by molar-refractivity contribution is 6.05. The van der Waals surface area contributed by atoms with Crippen LogP contribution in [0.5, 0.6) is 0 Å². The Labute approximate surface area is 164 Å². The van der Waals surface area contributed by atoms with Crippen LogP contribution in [0.25, 0.3) is 0 Å². The van der Waals surface area contributed by atoms with Gasteiger partial charge in [-0.1, -0.05) is 12.8 Å². The van der Waals surface area contributed by atoms with Crippen LogP contribution in [0.2, 0.25) is 0 Å². The van der Waals surface area contributed by atoms with Gasteiger partial charge in [-0.2, -0.15) is 0 Å². The summed E-state index contributed by atoms with van der Waals surface area (Å²) in [5, 5.41) is 6.02. The summed E-state index contributed by atoms with van der Waals surface area (Å²) < 4.78 is 0. The first kappa shape index (κ1) is 17.7. The molecule has 5 rings (SSSR count). The van der Waals surface area contributed by atoms with Gasteiger partial charge in [-0.15, -0.1) is 0 Å². The molecule has 4 aliphatic rings. The number of piperidine rings is 1. The molecule has 1 aromatic rings. The van der Waals surface area contributed by atoms with Gasteiger partial charge in [-0.3, -0.25) is 19.7 Å². The average Bonchev–Trinajstić information content (AvgIpc) is 3.03. The quantitative estimate of drug-likeness (QED) is 0.751. The van der Waals surface area contributed by atoms with Gasteiger partial charge in [0.05, 0.1) is 0 Å². The summed E-state index contributed by atoms with van der Waals surface area (Å²) in [4.78, 5) is 40.6. The standard InChI is InChI=1S/C21H26N4O3/c26-19-8-7-18(20(27)23-19)25-12-13-11-14(5-6-15(13)21(25)28)24-10-9-22-16-3-1-2-4-17(16)24/h5-6,11,16-18,22H,1-4,7-10,12H2,(H,23,26,27)/t16-,17-,18?/m0/s1. The molecule has 7 heteroatoms. The Morgan fingerprint density at radius 3 is 2.71 bits per heavy atom. The average molecular weight is 382 g/mol. The summed E-state index contributed by atoms with van der Waals surface area (Å²) >= 11 is 0. The highest BCUT2D eigenvalue weighted by Crippen LogP contribution is 2.34. The Hall–Kier alpha value is -2.41. The lowest BCUT2D eigenvalue weighted by Gasteiger charge is -2.46. The number of carbonyl (C=O) groups is 3. The van der Waals surface area contributed by atoms with Crippen LogP contribution in [0.4, 0.5) is 5.69 Å². The highest BCUT2D eigenvalue weighted by atomic mass is 16.2. The fraction of sp³-hybridized carbons (Fsp3) is 0.571. The molecule has 2 N–H and O–H groups in total. The smallest absolute Gasteiger partial charge is 0.255 e. The van der Waals surface area contributed by atoms with E-state index >= 15 is 0 Å². The van der Waals surface area contributed by atoms with Gasteiger partial charge in [0.1, 0.15) is 6.04 Å². The van der Waals surface area contributed by atoms with E-state index in [4.69, 9.17) is 0 Å². The molecular weight excluding hydrogens is 356 g/mol. The van der Waals surface area contributed by atoms with E-state index in [1.54, 1.807) is 4.90 Å². The molecule has 3 fully saturated rings. The fourth-order valence-corrected chi connectivity index (χ4v) is 5.32. The lowest BCUT2D eigenvalue weighted by molar-refractivity contribution is -0.136. The molecule has 3 heterocycles. The minimum Gasteiger partial charge on any atom is -0.366 e. The Bertz CT molecular complexity index is 837. The zero-order valence-corrected chi connectivity index (χ0v) is 15.9. The topological polar surface area (TPSA) is 81.8 Å². The number of rotatable bonds is 2. The molecule has 3 amide bonds. The number of piperazine rings is 1. The number of hydrogen-bond donors (Lipinski definition) is 2. The third-order valence-corrected chi connectivity index (χ3v) is 6.73. The Morgan fingerprint density at radius 1 is 1.00 bits per heavy atom. The monoisotopic (exact) mass is 382 g/mol. The molecule has 1 saturated carbocycles. The third-order valence-electron chi connectivity index (χ3n) is 6.73. The van der Waals surface area contributed by atoms with Crippen molar-refractivity contribution in [3.8, 4) is 0 Å². The summed E-state index contributed by atoms with van der Waals surface area (Å²) in [5.74, 6) is -0.717. The number of amides is 3. The van der Waals surface area contributed by atoms with Crippen molar-refractivity contribution in [2.24, 2.45) is 0 Å². The lowest BCUT2D eigenvalue weighted by Crippen LogP contribution is -2.59. The van der Waals surface area contributed by atoms with E-state index in [1.807, 2.05) is 6.07 Å². The van der Waals surface area contributed by atoms with Gasteiger partial charge in [-0.25, -0.2) is 0 Å². The van der Waals surface area contributed by atoms with E-state index in [9.17, 15) is 14.4 Å². The van der Waals surface area contributed by atoms with Crippen LogP contribution in [0.15, 0.2) is 18.2 Å². The number of carbonyl (C=O) groups excluding carboxylic acids is 3. The van der Waals surface area contributed by atoms with Crippen LogP contribution in [0.3, 0.4) is 0 Å². The predicted molar refractivity (Wildman–Crippen MR) is 104 cm³/mol. The van der Waals surface area contributed by atoms with E-state index in [-0.39, 0.29) is 24.1 Å². The Balaban J connectivity index is 1.38. The number of anilines is 1. The number of benzene rings is 1. The number of imide groups is 1. The molecular formula is C21H26N4O3. The normalized spacial score (nSPS) is 30.1. The molecule has 148 valence electrons. The first-order valence-corrected chi connectivity index (χ1v) is 10.4. The number of nitrogens with zero attached hydrogens (tertiary/aromatic N) is 2. The second-order valence-corrected chi connectivity index (χ2v) is 8.35. The summed E-state index contributed by atoms with van der Waals surface area (Å²) in [6, 6.07) is 6.63. The molecule has 0 radical (unpaired) electrons. The van der Waals surface area contributed by atoms with Gasteiger partial charge in [0.15, 0.2) is 0 Å². The van der Waals surface area contributed by atoms with Crippen LogP contribution in [0.1, 0.15) is 54.4 Å². The SMILES string of the molecule is O=C1CCC(N2Cc3cc(N4CCN[C@H]5CCCC[C@@H]54)ccc3C2=O)C(=O)N1. The summed E-state index contributed by atoms with van der Waals surface area (Å²) in [5.41, 5.74) is 2.84. The van der Waals surface area contributed by atoms with Crippen molar-refractivity contribution in [2.45, 2.75) is 63.2 Å². The molecule has 0 bridgehead atoms. The van der Waals surface area contributed by atoms with Crippen molar-refractivity contribution in [3.05, 3.63) is 29.3 Å². The number of hydrogen-bond acceptors (Lipinski definition) is 5. The molecule has 0 aromatic heterocycles. The van der Waals surface area contributed by atoms with Gasteiger partial charge in [0, 0.05) is 49.4 Å². The first-order chi connectivity index (χ1) is 13.6. The molecule has 2 saturated heterocycles. The third kappa shape index (κ3) is 2.89. The first-order valence-electron chi connectivity index (χ1n) is 10.4. The van der Waals surface area contributed by atoms with Crippen LogP contribution in [-0.4, -0.2) is 53.8 Å². The van der Waals surface area contributed by atoms with E-state index in [2.05, 4.69) is 27.7 Å². The van der Waals surface area contributed by atoms with Gasteiger partial charge < -0.3 is 15.1 Å². The highest BCUT2D eigenvalue weighted by Gasteiger charge is 2.40. The van der Waals surface area contributed by atoms with Crippen molar-refractivity contribution in [2.75, 3.05) is 18.0 Å². The van der Waals surface area contributed by atoms with Crippen molar-refractivity contribution in [3.63, 3.8) is 0 Å². The number of nitrogens with one attached hydrogen (secondary N) is 2. The van der Waals surface area contributed by atoms with Crippen LogP contribution in [-0.2, 0) is 16.1 Å². The van der Waals surface area contributed by atoms with Gasteiger partial charge in [0.2, 0.25) is 11.8 Å². The Morgan fingerprint density at radius 2 is 1.86 bits per heavy atom. The molecule has 1 aromatic carbocycles. The van der Waals surface area contributed by atoms with E-state index in [0.717, 1.165) is 18.7 Å². The van der Waals surface area contributed by atoms with E-state index < -0.39 is 6.04 Å². The van der Waals surface area contributed by atoms with Crippen molar-refractivity contribution in [1.29, 1.82) is 0 Å².